The second-order valence-corrected chi connectivity index (χ2v) is 5.71. The van der Waals surface area contributed by atoms with Gasteiger partial charge in [-0.25, -0.2) is 4.68 Å². The Morgan fingerprint density at radius 1 is 1.43 bits per heavy atom. The van der Waals surface area contributed by atoms with E-state index >= 15 is 0 Å². The van der Waals surface area contributed by atoms with Gasteiger partial charge in [-0.05, 0) is 31.5 Å². The number of hydrogen-bond acceptors (Lipinski definition) is 5. The lowest BCUT2D eigenvalue weighted by Crippen LogP contribution is -2.11. The van der Waals surface area contributed by atoms with Gasteiger partial charge < -0.3 is 10.1 Å². The van der Waals surface area contributed by atoms with Crippen molar-refractivity contribution in [3.05, 3.63) is 44.1 Å². The lowest BCUT2D eigenvalue weighted by Gasteiger charge is -2.09. The predicted octanol–water partition coefficient (Wildman–Crippen LogP) is 3.82. The smallest absolute Gasteiger partial charge is 0.333 e. The highest BCUT2D eigenvalue weighted by Gasteiger charge is 2.23. The quantitative estimate of drug-likeness (QED) is 0.462. The molecule has 0 fully saturated rings. The summed E-state index contributed by atoms with van der Waals surface area (Å²) in [4.78, 5) is 10.6. The van der Waals surface area contributed by atoms with Crippen LogP contribution in [-0.4, -0.2) is 27.9 Å². The molecule has 0 atom stereocenters. The van der Waals surface area contributed by atoms with Crippen molar-refractivity contribution < 1.29 is 9.66 Å². The summed E-state index contributed by atoms with van der Waals surface area (Å²) in [6.45, 7) is 2.53. The maximum atomic E-state index is 11.1. The molecule has 0 unspecified atom stereocenters. The van der Waals surface area contributed by atoms with Gasteiger partial charge in [-0.3, -0.25) is 10.1 Å². The SMILES string of the molecule is Cc1nn(C)c(NCCCOc2ccc(Cl)cc2Cl)c1[N+](=O)[O-]. The molecule has 1 aromatic carbocycles. The fraction of sp³-hybridized carbons (Fsp3) is 0.357. The van der Waals surface area contributed by atoms with Crippen LogP contribution in [0.2, 0.25) is 10.0 Å². The van der Waals surface area contributed by atoms with Crippen molar-refractivity contribution in [2.75, 3.05) is 18.5 Å². The molecule has 0 saturated heterocycles. The Kier molecular flexibility index (Phi) is 5.68. The molecule has 2 aromatic rings. The lowest BCUT2D eigenvalue weighted by atomic mass is 10.3. The second-order valence-electron chi connectivity index (χ2n) is 4.87. The zero-order valence-electron chi connectivity index (χ0n) is 12.7. The predicted molar refractivity (Wildman–Crippen MR) is 89.7 cm³/mol. The van der Waals surface area contributed by atoms with E-state index in [-0.39, 0.29) is 5.69 Å². The molecule has 124 valence electrons. The molecule has 0 amide bonds. The molecule has 1 aromatic heterocycles. The summed E-state index contributed by atoms with van der Waals surface area (Å²) in [7, 11) is 1.66. The minimum atomic E-state index is -0.436. The minimum Gasteiger partial charge on any atom is -0.492 e. The summed E-state index contributed by atoms with van der Waals surface area (Å²) >= 11 is 11.8. The number of aryl methyl sites for hydroxylation is 2. The third kappa shape index (κ3) is 4.27. The number of nitrogens with one attached hydrogen (secondary N) is 1. The van der Waals surface area contributed by atoms with Crippen LogP contribution >= 0.6 is 23.2 Å². The van der Waals surface area contributed by atoms with E-state index in [1.165, 1.54) is 4.68 Å². The molecule has 0 saturated carbocycles. The molecule has 7 nitrogen and oxygen atoms in total. The topological polar surface area (TPSA) is 82.2 Å². The monoisotopic (exact) mass is 358 g/mol. The van der Waals surface area contributed by atoms with Crippen molar-refractivity contribution in [1.29, 1.82) is 0 Å². The summed E-state index contributed by atoms with van der Waals surface area (Å²) in [5, 5.41) is 19.1. The number of aromatic nitrogens is 2. The molecule has 23 heavy (non-hydrogen) atoms. The number of ether oxygens (including phenoxy) is 1. The fourth-order valence-corrected chi connectivity index (χ4v) is 2.58. The number of anilines is 1. The van der Waals surface area contributed by atoms with Crippen molar-refractivity contribution >= 4 is 34.7 Å². The first-order valence-corrected chi connectivity index (χ1v) is 7.65. The Morgan fingerprint density at radius 2 is 2.17 bits per heavy atom. The summed E-state index contributed by atoms with van der Waals surface area (Å²) < 4.78 is 7.02. The average Bonchev–Trinajstić information content (AvgIpc) is 2.75. The van der Waals surface area contributed by atoms with E-state index in [2.05, 4.69) is 10.4 Å². The van der Waals surface area contributed by atoms with Crippen LogP contribution in [0.4, 0.5) is 11.5 Å². The Labute approximate surface area is 143 Å². The van der Waals surface area contributed by atoms with E-state index in [0.29, 0.717) is 46.9 Å². The standard InChI is InChI=1S/C14H16Cl2N4O3/c1-9-13(20(21)22)14(19(2)18-9)17-6-3-7-23-12-5-4-10(15)8-11(12)16/h4-5,8,17H,3,6-7H2,1-2H3. The van der Waals surface area contributed by atoms with Crippen molar-refractivity contribution in [2.45, 2.75) is 13.3 Å². The molecule has 1 heterocycles. The van der Waals surface area contributed by atoms with Crippen LogP contribution < -0.4 is 10.1 Å². The van der Waals surface area contributed by atoms with E-state index in [4.69, 9.17) is 27.9 Å². The van der Waals surface area contributed by atoms with Gasteiger partial charge in [-0.1, -0.05) is 23.2 Å². The Morgan fingerprint density at radius 3 is 2.83 bits per heavy atom. The normalized spacial score (nSPS) is 10.6. The highest BCUT2D eigenvalue weighted by molar-refractivity contribution is 6.35. The summed E-state index contributed by atoms with van der Waals surface area (Å²) in [6.07, 6.45) is 0.639. The first kappa shape index (κ1) is 17.4. The van der Waals surface area contributed by atoms with E-state index in [0.717, 1.165) is 0 Å². The van der Waals surface area contributed by atoms with Crippen LogP contribution in [0, 0.1) is 17.0 Å². The fourth-order valence-electron chi connectivity index (χ4n) is 2.12. The molecular weight excluding hydrogens is 343 g/mol. The molecule has 0 aliphatic heterocycles. The zero-order valence-corrected chi connectivity index (χ0v) is 14.2. The lowest BCUT2D eigenvalue weighted by molar-refractivity contribution is -0.384. The number of halogens is 2. The highest BCUT2D eigenvalue weighted by Crippen LogP contribution is 2.28. The van der Waals surface area contributed by atoms with Crippen LogP contribution in [0.5, 0.6) is 5.75 Å². The molecular formula is C14H16Cl2N4O3. The van der Waals surface area contributed by atoms with Gasteiger partial charge >= 0.3 is 5.69 Å². The van der Waals surface area contributed by atoms with Crippen molar-refractivity contribution in [2.24, 2.45) is 7.05 Å². The third-order valence-corrected chi connectivity index (χ3v) is 3.67. The van der Waals surface area contributed by atoms with Gasteiger partial charge in [-0.15, -0.1) is 0 Å². The van der Waals surface area contributed by atoms with Gasteiger partial charge in [0.2, 0.25) is 5.82 Å². The van der Waals surface area contributed by atoms with E-state index in [9.17, 15) is 10.1 Å². The Balaban J connectivity index is 1.85. The molecule has 2 rings (SSSR count). The molecule has 0 aliphatic rings. The maximum absolute atomic E-state index is 11.1. The van der Waals surface area contributed by atoms with Gasteiger partial charge in [0.15, 0.2) is 0 Å². The van der Waals surface area contributed by atoms with Gasteiger partial charge in [-0.2, -0.15) is 5.10 Å². The van der Waals surface area contributed by atoms with Crippen molar-refractivity contribution in [3.8, 4) is 5.75 Å². The van der Waals surface area contributed by atoms with Crippen LogP contribution in [0.25, 0.3) is 0 Å². The molecule has 0 aliphatic carbocycles. The first-order chi connectivity index (χ1) is 10.9. The number of nitrogens with zero attached hydrogens (tertiary/aromatic N) is 3. The first-order valence-electron chi connectivity index (χ1n) is 6.90. The number of hydrogen-bond donors (Lipinski definition) is 1. The molecule has 0 radical (unpaired) electrons. The number of rotatable bonds is 7. The summed E-state index contributed by atoms with van der Waals surface area (Å²) in [6, 6.07) is 5.01. The van der Waals surface area contributed by atoms with Crippen molar-refractivity contribution in [3.63, 3.8) is 0 Å². The number of nitro groups is 1. The van der Waals surface area contributed by atoms with Crippen LogP contribution in [0.1, 0.15) is 12.1 Å². The van der Waals surface area contributed by atoms with E-state index < -0.39 is 4.92 Å². The molecule has 9 heteroatoms. The molecule has 1 N–H and O–H groups in total. The molecule has 0 spiro atoms. The van der Waals surface area contributed by atoms with Crippen LogP contribution in [-0.2, 0) is 7.05 Å². The van der Waals surface area contributed by atoms with Gasteiger partial charge in [0.05, 0.1) is 16.6 Å². The summed E-state index contributed by atoms with van der Waals surface area (Å²) in [5.41, 5.74) is 0.373. The maximum Gasteiger partial charge on any atom is 0.333 e. The zero-order chi connectivity index (χ0) is 17.0. The minimum absolute atomic E-state index is 0.00540. The van der Waals surface area contributed by atoms with Crippen LogP contribution in [0.15, 0.2) is 18.2 Å². The van der Waals surface area contributed by atoms with Gasteiger partial charge in [0.25, 0.3) is 0 Å². The third-order valence-electron chi connectivity index (χ3n) is 3.14. The van der Waals surface area contributed by atoms with E-state index in [1.54, 1.807) is 32.2 Å². The van der Waals surface area contributed by atoms with Crippen molar-refractivity contribution in [1.82, 2.24) is 9.78 Å². The van der Waals surface area contributed by atoms with Gasteiger partial charge in [0, 0.05) is 18.6 Å². The van der Waals surface area contributed by atoms with Gasteiger partial charge in [0.1, 0.15) is 11.4 Å². The Hall–Kier alpha value is -1.99. The van der Waals surface area contributed by atoms with Crippen LogP contribution in [0.3, 0.4) is 0 Å². The van der Waals surface area contributed by atoms with E-state index in [1.807, 2.05) is 0 Å². The summed E-state index contributed by atoms with van der Waals surface area (Å²) in [5.74, 6) is 0.940. The largest absolute Gasteiger partial charge is 0.492 e. The highest BCUT2D eigenvalue weighted by atomic mass is 35.5. The molecule has 0 bridgehead atoms. The average molecular weight is 359 g/mol. The number of benzene rings is 1. The second kappa shape index (κ2) is 7.52. The Bertz CT molecular complexity index is 718.